The minimum Gasteiger partial charge on any atom is -0.339 e. The van der Waals surface area contributed by atoms with Gasteiger partial charge in [-0.3, -0.25) is 14.4 Å². The van der Waals surface area contributed by atoms with E-state index < -0.39 is 39.7 Å². The fourth-order valence-electron chi connectivity index (χ4n) is 4.83. The van der Waals surface area contributed by atoms with Crippen molar-refractivity contribution in [1.82, 2.24) is 24.9 Å². The van der Waals surface area contributed by atoms with Gasteiger partial charge in [0.2, 0.25) is 0 Å². The van der Waals surface area contributed by atoms with Crippen molar-refractivity contribution >= 4 is 38.5 Å². The van der Waals surface area contributed by atoms with E-state index in [2.05, 4.69) is 20.6 Å². The molecule has 0 saturated carbocycles. The highest BCUT2D eigenvalue weighted by Crippen LogP contribution is 2.23. The SMILES string of the molecule is O=C(NC(Cc1ccccc1)C(=O)N([C@H]1CCCNCC1=O)S(=O)(=O)c1ccccn1)c1ccc2ccccc2n1. The third-order valence-electron chi connectivity index (χ3n) is 6.88. The number of ketones is 1. The van der Waals surface area contributed by atoms with Gasteiger partial charge in [0.1, 0.15) is 17.8 Å². The molecule has 4 aromatic rings. The summed E-state index contributed by atoms with van der Waals surface area (Å²) in [6, 6.07) is 21.3. The summed E-state index contributed by atoms with van der Waals surface area (Å²) in [6.07, 6.45) is 1.92. The smallest absolute Gasteiger partial charge is 0.284 e. The second kappa shape index (κ2) is 12.4. The Balaban J connectivity index is 1.55. The fraction of sp³-hybridized carbons (Fsp3) is 0.233. The standard InChI is InChI=1S/C30H29N5O5S/c36-27-20-31-17-8-13-26(27)35(41(39,40)28-14-6-7-18-32-28)30(38)25(19-21-9-2-1-3-10-21)34-29(37)24-16-15-22-11-4-5-12-23(22)33-24/h1-7,9-12,14-16,18,25-26,31H,8,13,17,19-20H2,(H,34,37)/t25?,26-/m0/s1. The zero-order chi connectivity index (χ0) is 28.8. The Morgan fingerprint density at radius 2 is 1.73 bits per heavy atom. The first kappa shape index (κ1) is 28.1. The molecule has 1 unspecified atom stereocenters. The zero-order valence-corrected chi connectivity index (χ0v) is 23.0. The predicted molar refractivity (Wildman–Crippen MR) is 152 cm³/mol. The molecule has 10 nitrogen and oxygen atoms in total. The lowest BCUT2D eigenvalue weighted by Gasteiger charge is -2.32. The summed E-state index contributed by atoms with van der Waals surface area (Å²) in [5.41, 5.74) is 1.37. The summed E-state index contributed by atoms with van der Waals surface area (Å²) in [7, 11) is -4.56. The molecule has 1 saturated heterocycles. The number of Topliss-reactive ketones (excluding diaryl/α,β-unsaturated/α-hetero) is 1. The molecule has 5 rings (SSSR count). The quantitative estimate of drug-likeness (QED) is 0.329. The average molecular weight is 572 g/mol. The van der Waals surface area contributed by atoms with E-state index in [1.165, 1.54) is 18.3 Å². The maximum Gasteiger partial charge on any atom is 0.284 e. The number of nitrogens with one attached hydrogen (secondary N) is 2. The van der Waals surface area contributed by atoms with Gasteiger partial charge in [-0.05, 0) is 49.2 Å². The van der Waals surface area contributed by atoms with Crippen LogP contribution < -0.4 is 10.6 Å². The third kappa shape index (κ3) is 6.31. The Morgan fingerprint density at radius 3 is 2.51 bits per heavy atom. The van der Waals surface area contributed by atoms with E-state index in [-0.39, 0.29) is 30.1 Å². The van der Waals surface area contributed by atoms with Crippen LogP contribution in [0.25, 0.3) is 10.9 Å². The lowest BCUT2D eigenvalue weighted by Crippen LogP contribution is -2.57. The molecule has 2 atom stereocenters. The van der Waals surface area contributed by atoms with Crippen molar-refractivity contribution in [2.24, 2.45) is 0 Å². The lowest BCUT2D eigenvalue weighted by molar-refractivity contribution is -0.135. The van der Waals surface area contributed by atoms with Crippen molar-refractivity contribution in [2.75, 3.05) is 13.1 Å². The molecule has 0 bridgehead atoms. The van der Waals surface area contributed by atoms with E-state index in [0.29, 0.717) is 28.4 Å². The maximum atomic E-state index is 14.3. The minimum atomic E-state index is -4.56. The number of amides is 2. The van der Waals surface area contributed by atoms with E-state index >= 15 is 0 Å². The number of rotatable bonds is 8. The first-order valence-electron chi connectivity index (χ1n) is 13.3. The molecule has 1 aliphatic heterocycles. The monoisotopic (exact) mass is 571 g/mol. The average Bonchev–Trinajstić information content (AvgIpc) is 3.21. The number of pyridine rings is 2. The summed E-state index contributed by atoms with van der Waals surface area (Å²) in [5, 5.41) is 6.17. The van der Waals surface area contributed by atoms with Gasteiger partial charge in [0.05, 0.1) is 12.1 Å². The van der Waals surface area contributed by atoms with Gasteiger partial charge >= 0.3 is 0 Å². The molecule has 210 valence electrons. The normalized spacial score (nSPS) is 16.5. The molecule has 0 radical (unpaired) electrons. The summed E-state index contributed by atoms with van der Waals surface area (Å²) < 4.78 is 28.5. The Morgan fingerprint density at radius 1 is 0.976 bits per heavy atom. The van der Waals surface area contributed by atoms with Gasteiger partial charge in [-0.2, -0.15) is 8.42 Å². The van der Waals surface area contributed by atoms with Gasteiger partial charge in [-0.15, -0.1) is 0 Å². The number of para-hydroxylation sites is 1. The van der Waals surface area contributed by atoms with Crippen molar-refractivity contribution in [3.63, 3.8) is 0 Å². The van der Waals surface area contributed by atoms with Gasteiger partial charge in [0, 0.05) is 18.0 Å². The predicted octanol–water partition coefficient (Wildman–Crippen LogP) is 2.51. The Labute approximate surface area is 237 Å². The van der Waals surface area contributed by atoms with Crippen molar-refractivity contribution in [2.45, 2.75) is 36.4 Å². The second-order valence-electron chi connectivity index (χ2n) is 9.71. The van der Waals surface area contributed by atoms with Gasteiger partial charge in [0.15, 0.2) is 10.8 Å². The van der Waals surface area contributed by atoms with Crippen LogP contribution >= 0.6 is 0 Å². The Kier molecular flexibility index (Phi) is 8.46. The van der Waals surface area contributed by atoms with Crippen molar-refractivity contribution < 1.29 is 22.8 Å². The van der Waals surface area contributed by atoms with Crippen LogP contribution in [0.15, 0.2) is 96.2 Å². The van der Waals surface area contributed by atoms with Crippen LogP contribution in [-0.4, -0.2) is 65.5 Å². The minimum absolute atomic E-state index is 0.00755. The van der Waals surface area contributed by atoms with Gasteiger partial charge in [0.25, 0.3) is 21.8 Å². The van der Waals surface area contributed by atoms with Crippen molar-refractivity contribution in [1.29, 1.82) is 0 Å². The number of benzene rings is 2. The summed E-state index contributed by atoms with van der Waals surface area (Å²) in [5.74, 6) is -2.00. The summed E-state index contributed by atoms with van der Waals surface area (Å²) >= 11 is 0. The molecular formula is C30H29N5O5S. The van der Waals surface area contributed by atoms with Crippen LogP contribution in [0.3, 0.4) is 0 Å². The highest BCUT2D eigenvalue weighted by Gasteiger charge is 2.43. The molecule has 2 amide bonds. The highest BCUT2D eigenvalue weighted by atomic mass is 32.2. The lowest BCUT2D eigenvalue weighted by atomic mass is 10.0. The topological polar surface area (TPSA) is 138 Å². The number of carbonyl (C=O) groups is 3. The molecule has 2 aromatic carbocycles. The zero-order valence-electron chi connectivity index (χ0n) is 22.1. The maximum absolute atomic E-state index is 14.3. The van der Waals surface area contributed by atoms with Gasteiger partial charge in [-0.25, -0.2) is 14.3 Å². The molecular weight excluding hydrogens is 542 g/mol. The second-order valence-corrected chi connectivity index (χ2v) is 11.5. The molecule has 0 aliphatic carbocycles. The van der Waals surface area contributed by atoms with Gasteiger partial charge in [-0.1, -0.05) is 60.7 Å². The largest absolute Gasteiger partial charge is 0.339 e. The molecule has 3 heterocycles. The first-order chi connectivity index (χ1) is 19.8. The van der Waals surface area contributed by atoms with Crippen LogP contribution in [0.4, 0.5) is 0 Å². The third-order valence-corrected chi connectivity index (χ3v) is 8.60. The summed E-state index contributed by atoms with van der Waals surface area (Å²) in [4.78, 5) is 49.3. The van der Waals surface area contributed by atoms with E-state index in [1.54, 1.807) is 54.6 Å². The number of carbonyl (C=O) groups excluding carboxylic acids is 3. The number of sulfonamides is 1. The highest BCUT2D eigenvalue weighted by molar-refractivity contribution is 7.89. The van der Waals surface area contributed by atoms with E-state index in [0.717, 1.165) is 5.39 Å². The number of hydrogen-bond acceptors (Lipinski definition) is 8. The van der Waals surface area contributed by atoms with E-state index in [9.17, 15) is 22.8 Å². The van der Waals surface area contributed by atoms with Crippen LogP contribution in [0, 0.1) is 0 Å². The molecule has 0 spiro atoms. The molecule has 41 heavy (non-hydrogen) atoms. The van der Waals surface area contributed by atoms with E-state index in [1.807, 2.05) is 18.2 Å². The number of aromatic nitrogens is 2. The number of hydrogen-bond donors (Lipinski definition) is 2. The van der Waals surface area contributed by atoms with Crippen LogP contribution in [0.5, 0.6) is 0 Å². The molecule has 2 N–H and O–H groups in total. The van der Waals surface area contributed by atoms with E-state index in [4.69, 9.17) is 0 Å². The molecule has 1 aliphatic rings. The Bertz CT molecular complexity index is 1660. The fourth-order valence-corrected chi connectivity index (χ4v) is 6.40. The Hall–Kier alpha value is -4.48. The molecule has 11 heteroatoms. The van der Waals surface area contributed by atoms with Crippen LogP contribution in [0.1, 0.15) is 28.9 Å². The summed E-state index contributed by atoms with van der Waals surface area (Å²) in [6.45, 7) is 0.425. The van der Waals surface area contributed by atoms with Crippen molar-refractivity contribution in [3.8, 4) is 0 Å². The first-order valence-corrected chi connectivity index (χ1v) is 14.7. The number of nitrogens with zero attached hydrogens (tertiary/aromatic N) is 3. The molecule has 2 aromatic heterocycles. The number of fused-ring (bicyclic) bond motifs is 1. The van der Waals surface area contributed by atoms with Crippen LogP contribution in [0.2, 0.25) is 0 Å². The van der Waals surface area contributed by atoms with Gasteiger partial charge < -0.3 is 10.6 Å². The molecule has 1 fully saturated rings. The van der Waals surface area contributed by atoms with Crippen molar-refractivity contribution in [3.05, 3.63) is 102 Å². The van der Waals surface area contributed by atoms with Crippen LogP contribution in [-0.2, 0) is 26.0 Å².